The van der Waals surface area contributed by atoms with Gasteiger partial charge in [0.1, 0.15) is 5.82 Å². The Morgan fingerprint density at radius 3 is 2.42 bits per heavy atom. The number of benzene rings is 2. The third kappa shape index (κ3) is 4.61. The van der Waals surface area contributed by atoms with E-state index in [0.717, 1.165) is 18.2 Å². The minimum atomic E-state index is -4.25. The van der Waals surface area contributed by atoms with Crippen LogP contribution in [0.2, 0.25) is 0 Å². The lowest BCUT2D eigenvalue weighted by Crippen LogP contribution is -2.30. The fourth-order valence-electron chi connectivity index (χ4n) is 2.31. The lowest BCUT2D eigenvalue weighted by molar-refractivity contribution is -0.385. The minimum Gasteiger partial charge on any atom is -0.481 e. The number of halogens is 1. The van der Waals surface area contributed by atoms with Crippen molar-refractivity contribution in [1.29, 1.82) is 0 Å². The summed E-state index contributed by atoms with van der Waals surface area (Å²) < 4.78 is 40.4. The van der Waals surface area contributed by atoms with Gasteiger partial charge in [-0.25, -0.2) is 17.5 Å². The summed E-state index contributed by atoms with van der Waals surface area (Å²) in [5.41, 5.74) is 0.165. The smallest absolute Gasteiger partial charge is 0.305 e. The first-order chi connectivity index (χ1) is 12.1. The molecule has 0 spiro atoms. The Balaban J connectivity index is 2.40. The molecule has 0 fully saturated rings. The maximum absolute atomic E-state index is 13.1. The molecular weight excluding hydrogens is 367 g/mol. The normalized spacial score (nSPS) is 12.5. The van der Waals surface area contributed by atoms with Crippen molar-refractivity contribution in [3.8, 4) is 0 Å². The van der Waals surface area contributed by atoms with Crippen LogP contribution in [0.4, 0.5) is 10.1 Å². The van der Waals surface area contributed by atoms with Crippen LogP contribution in [0, 0.1) is 22.9 Å². The molecule has 0 aliphatic rings. The Labute approximate surface area is 148 Å². The minimum absolute atomic E-state index is 0.249. The van der Waals surface area contributed by atoms with Gasteiger partial charge in [-0.2, -0.15) is 0 Å². The summed E-state index contributed by atoms with van der Waals surface area (Å²) in [6.07, 6.45) is -0.585. The Morgan fingerprint density at radius 2 is 1.88 bits per heavy atom. The molecule has 2 N–H and O–H groups in total. The summed E-state index contributed by atoms with van der Waals surface area (Å²) in [5.74, 6) is -1.82. The highest BCUT2D eigenvalue weighted by molar-refractivity contribution is 7.89. The molecule has 0 aromatic heterocycles. The van der Waals surface area contributed by atoms with Crippen LogP contribution < -0.4 is 4.72 Å². The van der Waals surface area contributed by atoms with Crippen molar-refractivity contribution in [2.75, 3.05) is 0 Å². The molecule has 0 bridgehead atoms. The highest BCUT2D eigenvalue weighted by Gasteiger charge is 2.25. The molecule has 0 saturated carbocycles. The first-order valence-electron chi connectivity index (χ1n) is 7.35. The number of nitro groups is 1. The average Bonchev–Trinajstić information content (AvgIpc) is 2.54. The Bertz CT molecular complexity index is 944. The predicted molar refractivity (Wildman–Crippen MR) is 89.5 cm³/mol. The van der Waals surface area contributed by atoms with Crippen molar-refractivity contribution >= 4 is 21.7 Å². The Morgan fingerprint density at radius 1 is 1.27 bits per heavy atom. The number of hydrogen-bond donors (Lipinski definition) is 2. The maximum atomic E-state index is 13.1. The van der Waals surface area contributed by atoms with E-state index < -0.39 is 39.2 Å². The van der Waals surface area contributed by atoms with Crippen molar-refractivity contribution in [1.82, 2.24) is 4.72 Å². The molecule has 2 rings (SSSR count). The van der Waals surface area contributed by atoms with Gasteiger partial charge in [0.2, 0.25) is 10.0 Å². The van der Waals surface area contributed by atoms with Crippen molar-refractivity contribution in [3.05, 3.63) is 69.5 Å². The highest BCUT2D eigenvalue weighted by atomic mass is 32.2. The number of aliphatic carboxylic acids is 1. The van der Waals surface area contributed by atoms with Gasteiger partial charge < -0.3 is 5.11 Å². The SMILES string of the molecule is Cc1ccc(S(=O)(=O)N[C@H](CC(=O)O)c2ccc(F)cc2)cc1[N+](=O)[O-]. The van der Waals surface area contributed by atoms with Crippen LogP contribution in [0.1, 0.15) is 23.6 Å². The number of carboxylic acid groups (broad SMARTS) is 1. The maximum Gasteiger partial charge on any atom is 0.305 e. The number of aryl methyl sites for hydroxylation is 1. The molecule has 26 heavy (non-hydrogen) atoms. The number of hydrogen-bond acceptors (Lipinski definition) is 5. The quantitative estimate of drug-likeness (QED) is 0.560. The van der Waals surface area contributed by atoms with Gasteiger partial charge >= 0.3 is 5.97 Å². The van der Waals surface area contributed by atoms with E-state index in [1.54, 1.807) is 0 Å². The monoisotopic (exact) mass is 382 g/mol. The Hall–Kier alpha value is -2.85. The molecule has 0 aliphatic carbocycles. The van der Waals surface area contributed by atoms with E-state index in [1.165, 1.54) is 31.2 Å². The molecule has 2 aromatic rings. The summed E-state index contributed by atoms with van der Waals surface area (Å²) in [6, 6.07) is 6.90. The van der Waals surface area contributed by atoms with Gasteiger partial charge in [-0.15, -0.1) is 0 Å². The van der Waals surface area contributed by atoms with Crippen molar-refractivity contribution in [2.24, 2.45) is 0 Å². The number of rotatable bonds is 7. The van der Waals surface area contributed by atoms with Crippen molar-refractivity contribution in [2.45, 2.75) is 24.3 Å². The van der Waals surface area contributed by atoms with E-state index in [-0.39, 0.29) is 21.7 Å². The number of sulfonamides is 1. The zero-order chi connectivity index (χ0) is 19.5. The van der Waals surface area contributed by atoms with E-state index in [1.807, 2.05) is 0 Å². The zero-order valence-electron chi connectivity index (χ0n) is 13.5. The van der Waals surface area contributed by atoms with Crippen LogP contribution in [0.3, 0.4) is 0 Å². The molecular formula is C16H15FN2O6S. The number of carboxylic acids is 1. The molecule has 0 unspecified atom stereocenters. The van der Waals surface area contributed by atoms with Gasteiger partial charge in [0, 0.05) is 11.6 Å². The standard InChI is InChI=1S/C16H15FN2O6S/c1-10-2-7-13(8-15(10)19(22)23)26(24,25)18-14(9-16(20)21)11-3-5-12(17)6-4-11/h2-8,14,18H,9H2,1H3,(H,20,21)/t14-/m1/s1. The van der Waals surface area contributed by atoms with E-state index in [2.05, 4.69) is 4.72 Å². The fourth-order valence-corrected chi connectivity index (χ4v) is 3.55. The average molecular weight is 382 g/mol. The van der Waals surface area contributed by atoms with Gasteiger partial charge in [0.25, 0.3) is 5.69 Å². The molecule has 10 heteroatoms. The van der Waals surface area contributed by atoms with Crippen LogP contribution in [-0.4, -0.2) is 24.4 Å². The molecule has 8 nitrogen and oxygen atoms in total. The van der Waals surface area contributed by atoms with Gasteiger partial charge in [-0.05, 0) is 30.7 Å². The van der Waals surface area contributed by atoms with Gasteiger partial charge in [0.05, 0.1) is 22.3 Å². The summed E-state index contributed by atoms with van der Waals surface area (Å²) in [6.45, 7) is 1.47. The van der Waals surface area contributed by atoms with Crippen molar-refractivity contribution in [3.63, 3.8) is 0 Å². The van der Waals surface area contributed by atoms with Crippen LogP contribution in [0.25, 0.3) is 0 Å². The first-order valence-corrected chi connectivity index (χ1v) is 8.83. The summed E-state index contributed by atoms with van der Waals surface area (Å²) in [4.78, 5) is 21.0. The largest absolute Gasteiger partial charge is 0.481 e. The second-order valence-corrected chi connectivity index (χ2v) is 7.24. The highest BCUT2D eigenvalue weighted by Crippen LogP contribution is 2.25. The lowest BCUT2D eigenvalue weighted by atomic mass is 10.1. The van der Waals surface area contributed by atoms with Crippen LogP contribution in [-0.2, 0) is 14.8 Å². The third-order valence-electron chi connectivity index (χ3n) is 3.64. The van der Waals surface area contributed by atoms with Crippen LogP contribution >= 0.6 is 0 Å². The zero-order valence-corrected chi connectivity index (χ0v) is 14.4. The second-order valence-electron chi connectivity index (χ2n) is 5.53. The lowest BCUT2D eigenvalue weighted by Gasteiger charge is -2.17. The molecule has 0 aliphatic heterocycles. The van der Waals surface area contributed by atoms with Gasteiger partial charge in [-0.3, -0.25) is 14.9 Å². The van der Waals surface area contributed by atoms with E-state index in [4.69, 9.17) is 5.11 Å². The van der Waals surface area contributed by atoms with Crippen LogP contribution in [0.5, 0.6) is 0 Å². The fraction of sp³-hybridized carbons (Fsp3) is 0.188. The van der Waals surface area contributed by atoms with Crippen LogP contribution in [0.15, 0.2) is 47.4 Å². The van der Waals surface area contributed by atoms with Gasteiger partial charge in [0.15, 0.2) is 0 Å². The molecule has 0 heterocycles. The first kappa shape index (κ1) is 19.5. The number of nitrogens with zero attached hydrogens (tertiary/aromatic N) is 1. The van der Waals surface area contributed by atoms with Crippen molar-refractivity contribution < 1.29 is 27.6 Å². The molecule has 1 atom stereocenters. The van der Waals surface area contributed by atoms with E-state index >= 15 is 0 Å². The van der Waals surface area contributed by atoms with E-state index in [0.29, 0.717) is 0 Å². The molecule has 138 valence electrons. The van der Waals surface area contributed by atoms with Gasteiger partial charge in [-0.1, -0.05) is 18.2 Å². The summed E-state index contributed by atoms with van der Waals surface area (Å²) >= 11 is 0. The molecule has 2 aromatic carbocycles. The topological polar surface area (TPSA) is 127 Å². The molecule has 0 saturated heterocycles. The van der Waals surface area contributed by atoms with E-state index in [9.17, 15) is 27.7 Å². The molecule has 0 amide bonds. The summed E-state index contributed by atoms with van der Waals surface area (Å²) in [7, 11) is -4.25. The predicted octanol–water partition coefficient (Wildman–Crippen LogP) is 2.54. The molecule has 0 radical (unpaired) electrons. The Kier molecular flexibility index (Phi) is 5.68. The third-order valence-corrected chi connectivity index (χ3v) is 5.11. The number of nitrogens with one attached hydrogen (secondary N) is 1. The second kappa shape index (κ2) is 7.58. The summed E-state index contributed by atoms with van der Waals surface area (Å²) in [5, 5.41) is 20.0. The number of nitro benzene ring substituents is 1. The number of carbonyl (C=O) groups is 1.